The molecule has 2 atom stereocenters. The van der Waals surface area contributed by atoms with E-state index in [0.29, 0.717) is 24.5 Å². The summed E-state index contributed by atoms with van der Waals surface area (Å²) in [5.74, 6) is 1.55. The van der Waals surface area contributed by atoms with Gasteiger partial charge in [0, 0.05) is 18.9 Å². The number of aldehydes is 1. The molecule has 0 spiro atoms. The maximum Gasteiger partial charge on any atom is 0.161 e. The second-order valence-electron chi connectivity index (χ2n) is 6.27. The summed E-state index contributed by atoms with van der Waals surface area (Å²) in [4.78, 5) is 11.3. The van der Waals surface area contributed by atoms with Gasteiger partial charge in [0.05, 0.1) is 20.8 Å². The first kappa shape index (κ1) is 19.5. The van der Waals surface area contributed by atoms with Crippen LogP contribution in [0.15, 0.2) is 30.4 Å². The first-order chi connectivity index (χ1) is 12.2. The summed E-state index contributed by atoms with van der Waals surface area (Å²) in [6.45, 7) is 0.849. The van der Waals surface area contributed by atoms with E-state index in [1.54, 1.807) is 21.3 Å². The van der Waals surface area contributed by atoms with Crippen LogP contribution in [0.1, 0.15) is 31.2 Å². The monoisotopic (exact) mass is 348 g/mol. The Bertz CT molecular complexity index is 583. The zero-order valence-corrected chi connectivity index (χ0v) is 15.3. The van der Waals surface area contributed by atoms with Crippen molar-refractivity contribution in [2.45, 2.75) is 31.1 Å². The van der Waals surface area contributed by atoms with Crippen LogP contribution in [0.3, 0.4) is 0 Å². The van der Waals surface area contributed by atoms with Gasteiger partial charge in [-0.2, -0.15) is 0 Å². The van der Waals surface area contributed by atoms with Crippen molar-refractivity contribution in [1.82, 2.24) is 0 Å². The Balaban J connectivity index is 2.39. The van der Waals surface area contributed by atoms with Gasteiger partial charge in [0.2, 0.25) is 0 Å². The van der Waals surface area contributed by atoms with Gasteiger partial charge in [-0.1, -0.05) is 18.2 Å². The van der Waals surface area contributed by atoms with Crippen molar-refractivity contribution in [2.24, 2.45) is 5.92 Å². The summed E-state index contributed by atoms with van der Waals surface area (Å²) >= 11 is 0. The molecule has 0 saturated carbocycles. The van der Waals surface area contributed by atoms with E-state index >= 15 is 0 Å². The Kier molecular flexibility index (Phi) is 7.47. The van der Waals surface area contributed by atoms with E-state index in [4.69, 9.17) is 18.9 Å². The highest BCUT2D eigenvalue weighted by atomic mass is 16.7. The maximum atomic E-state index is 11.3. The highest BCUT2D eigenvalue weighted by Gasteiger charge is 2.40. The normalized spacial score (nSPS) is 22.6. The third kappa shape index (κ3) is 4.41. The first-order valence-electron chi connectivity index (χ1n) is 8.61. The van der Waals surface area contributed by atoms with Gasteiger partial charge in [-0.05, 0) is 42.9 Å². The van der Waals surface area contributed by atoms with Crippen molar-refractivity contribution in [3.05, 3.63) is 35.9 Å². The fraction of sp³-hybridized carbons (Fsp3) is 0.550. The molecule has 0 unspecified atom stereocenters. The topological polar surface area (TPSA) is 54.0 Å². The number of methoxy groups -OCH3 is 3. The second-order valence-corrected chi connectivity index (χ2v) is 6.27. The van der Waals surface area contributed by atoms with E-state index in [1.165, 1.54) is 0 Å². The van der Waals surface area contributed by atoms with E-state index in [9.17, 15) is 4.79 Å². The molecule has 25 heavy (non-hydrogen) atoms. The van der Waals surface area contributed by atoms with Crippen LogP contribution in [-0.4, -0.2) is 41.0 Å². The van der Waals surface area contributed by atoms with Gasteiger partial charge in [-0.25, -0.2) is 0 Å². The molecular weight excluding hydrogens is 320 g/mol. The predicted octanol–water partition coefficient (Wildman–Crippen LogP) is 3.51. The highest BCUT2D eigenvalue weighted by molar-refractivity contribution is 5.53. The molecule has 1 aliphatic carbocycles. The second kappa shape index (κ2) is 9.59. The number of carbonyl (C=O) groups is 1. The van der Waals surface area contributed by atoms with Crippen molar-refractivity contribution in [1.29, 1.82) is 0 Å². The number of hydrogen-bond acceptors (Lipinski definition) is 5. The van der Waals surface area contributed by atoms with E-state index in [2.05, 4.69) is 18.2 Å². The first-order valence-corrected chi connectivity index (χ1v) is 8.61. The van der Waals surface area contributed by atoms with Gasteiger partial charge in [0.25, 0.3) is 0 Å². The van der Waals surface area contributed by atoms with Crippen molar-refractivity contribution < 1.29 is 23.7 Å². The lowest BCUT2D eigenvalue weighted by Crippen LogP contribution is -2.38. The molecule has 138 valence electrons. The van der Waals surface area contributed by atoms with E-state index in [0.717, 1.165) is 31.1 Å². The van der Waals surface area contributed by atoms with Crippen LogP contribution in [-0.2, 0) is 19.7 Å². The Morgan fingerprint density at radius 1 is 1.20 bits per heavy atom. The standard InChI is InChI=1S/C20H28O5/c1-22-15-25-13-11-20(10-5-4-6-16(20)9-12-21)17-7-8-18(23-2)19(14-17)24-3/h4,6-8,12,14,16H,5,9-11,13,15H2,1-3H3/t16-,20+/m0/s1. The summed E-state index contributed by atoms with van der Waals surface area (Å²) < 4.78 is 21.4. The van der Waals surface area contributed by atoms with Crippen LogP contribution in [0, 0.1) is 5.92 Å². The molecule has 5 nitrogen and oxygen atoms in total. The van der Waals surface area contributed by atoms with Gasteiger partial charge >= 0.3 is 0 Å². The summed E-state index contributed by atoms with van der Waals surface area (Å²) in [7, 11) is 4.88. The van der Waals surface area contributed by atoms with Gasteiger partial charge in [0.15, 0.2) is 11.5 Å². The Morgan fingerprint density at radius 3 is 2.68 bits per heavy atom. The number of carbonyl (C=O) groups excluding carboxylic acids is 1. The highest BCUT2D eigenvalue weighted by Crippen LogP contribution is 2.47. The van der Waals surface area contributed by atoms with Gasteiger partial charge in [0.1, 0.15) is 13.1 Å². The average molecular weight is 348 g/mol. The molecule has 0 radical (unpaired) electrons. The SMILES string of the molecule is COCOCC[C@]1(c2ccc(OC)c(OC)c2)CCC=C[C@H]1CC=O. The van der Waals surface area contributed by atoms with Crippen LogP contribution in [0.25, 0.3) is 0 Å². The Labute approximate surface area is 149 Å². The van der Waals surface area contributed by atoms with Gasteiger partial charge < -0.3 is 23.7 Å². The number of ether oxygens (including phenoxy) is 4. The fourth-order valence-corrected chi connectivity index (χ4v) is 3.73. The zero-order chi connectivity index (χ0) is 18.1. The molecule has 0 fully saturated rings. The molecule has 0 aromatic heterocycles. The summed E-state index contributed by atoms with van der Waals surface area (Å²) in [5, 5.41) is 0. The molecule has 0 aliphatic heterocycles. The van der Waals surface area contributed by atoms with E-state index in [-0.39, 0.29) is 18.1 Å². The molecule has 0 N–H and O–H groups in total. The molecule has 1 aromatic carbocycles. The molecule has 1 aromatic rings. The van der Waals surface area contributed by atoms with Crippen molar-refractivity contribution >= 4 is 6.29 Å². The summed E-state index contributed by atoms with van der Waals surface area (Å²) in [6, 6.07) is 6.04. The minimum Gasteiger partial charge on any atom is -0.493 e. The molecule has 0 amide bonds. The zero-order valence-electron chi connectivity index (χ0n) is 15.3. The van der Waals surface area contributed by atoms with Crippen LogP contribution < -0.4 is 9.47 Å². The molecule has 5 heteroatoms. The van der Waals surface area contributed by atoms with Crippen LogP contribution in [0.4, 0.5) is 0 Å². The molecule has 1 aliphatic rings. The quantitative estimate of drug-likeness (QED) is 0.280. The summed E-state index contributed by atoms with van der Waals surface area (Å²) in [6.07, 6.45) is 8.60. The minimum atomic E-state index is -0.164. The lowest BCUT2D eigenvalue weighted by atomic mass is 9.62. The number of benzene rings is 1. The third-order valence-electron chi connectivity index (χ3n) is 5.04. The minimum absolute atomic E-state index is 0.142. The third-order valence-corrected chi connectivity index (χ3v) is 5.04. The average Bonchev–Trinajstić information content (AvgIpc) is 2.66. The van der Waals surface area contributed by atoms with E-state index in [1.807, 2.05) is 12.1 Å². The lowest BCUT2D eigenvalue weighted by Gasteiger charge is -2.42. The Morgan fingerprint density at radius 2 is 2.00 bits per heavy atom. The molecule has 0 saturated heterocycles. The maximum absolute atomic E-state index is 11.3. The number of allylic oxidation sites excluding steroid dienone is 2. The van der Waals surface area contributed by atoms with Crippen molar-refractivity contribution in [2.75, 3.05) is 34.7 Å². The molecular formula is C20H28O5. The van der Waals surface area contributed by atoms with Gasteiger partial charge in [-0.3, -0.25) is 0 Å². The van der Waals surface area contributed by atoms with Gasteiger partial charge in [-0.15, -0.1) is 0 Å². The molecule has 0 bridgehead atoms. The molecule has 2 rings (SSSR count). The molecule has 0 heterocycles. The van der Waals surface area contributed by atoms with E-state index < -0.39 is 0 Å². The van der Waals surface area contributed by atoms with Crippen molar-refractivity contribution in [3.8, 4) is 11.5 Å². The predicted molar refractivity (Wildman–Crippen MR) is 96.2 cm³/mol. The summed E-state index contributed by atoms with van der Waals surface area (Å²) in [5.41, 5.74) is 0.991. The van der Waals surface area contributed by atoms with Crippen LogP contribution in [0.2, 0.25) is 0 Å². The van der Waals surface area contributed by atoms with Crippen LogP contribution >= 0.6 is 0 Å². The Hall–Kier alpha value is -1.85. The number of rotatable bonds is 10. The lowest BCUT2D eigenvalue weighted by molar-refractivity contribution is -0.109. The van der Waals surface area contributed by atoms with Crippen LogP contribution in [0.5, 0.6) is 11.5 Å². The number of hydrogen-bond donors (Lipinski definition) is 0. The smallest absolute Gasteiger partial charge is 0.161 e. The largest absolute Gasteiger partial charge is 0.493 e. The van der Waals surface area contributed by atoms with Crippen molar-refractivity contribution in [3.63, 3.8) is 0 Å². The fourth-order valence-electron chi connectivity index (χ4n) is 3.73.